The molecular weight excluding hydrogens is 359 g/mol. The maximum Gasteiger partial charge on any atom is 0.524 e. The molecule has 0 radical (unpaired) electrons. The van der Waals surface area contributed by atoms with E-state index in [0.29, 0.717) is 17.4 Å². The zero-order chi connectivity index (χ0) is 18.2. The van der Waals surface area contributed by atoms with Crippen LogP contribution in [0.1, 0.15) is 37.7 Å². The Bertz CT molecular complexity index is 743. The molecule has 8 heteroatoms. The summed E-state index contributed by atoms with van der Waals surface area (Å²) >= 11 is 0. The molecular formula is C18H23O7P. The summed E-state index contributed by atoms with van der Waals surface area (Å²) in [4.78, 5) is 29.6. The average molecular weight is 382 g/mol. The van der Waals surface area contributed by atoms with Gasteiger partial charge in [-0.1, -0.05) is 12.1 Å². The molecule has 5 aliphatic rings. The highest BCUT2D eigenvalue weighted by molar-refractivity contribution is 7.46. The van der Waals surface area contributed by atoms with Crippen LogP contribution in [0.2, 0.25) is 0 Å². The van der Waals surface area contributed by atoms with Gasteiger partial charge in [0, 0.05) is 0 Å². The molecule has 4 aliphatic carbocycles. The monoisotopic (exact) mass is 382 g/mol. The molecule has 1 spiro atoms. The van der Waals surface area contributed by atoms with Gasteiger partial charge in [-0.15, -0.1) is 0 Å². The van der Waals surface area contributed by atoms with Crippen molar-refractivity contribution >= 4 is 7.82 Å². The first-order chi connectivity index (χ1) is 12.4. The molecule has 1 heterocycles. The molecule has 1 atom stereocenters. The molecule has 0 amide bonds. The predicted molar refractivity (Wildman–Crippen MR) is 89.8 cm³/mol. The van der Waals surface area contributed by atoms with Gasteiger partial charge in [0.05, 0.1) is 6.61 Å². The Hall–Kier alpha value is -0.950. The lowest BCUT2D eigenvalue weighted by molar-refractivity contribution is -0.597. The van der Waals surface area contributed by atoms with Crippen molar-refractivity contribution in [1.82, 2.24) is 0 Å². The summed E-state index contributed by atoms with van der Waals surface area (Å²) in [5.41, 5.74) is -0.926. The second-order valence-electron chi connectivity index (χ2n) is 8.36. The lowest BCUT2D eigenvalue weighted by Gasteiger charge is -2.69. The summed E-state index contributed by atoms with van der Waals surface area (Å²) in [5, 5.41) is 10.4. The van der Waals surface area contributed by atoms with E-state index in [1.54, 1.807) is 18.2 Å². The zero-order valence-corrected chi connectivity index (χ0v) is 15.2. The second kappa shape index (κ2) is 5.53. The third-order valence-electron chi connectivity index (χ3n) is 7.05. The molecule has 1 unspecified atom stereocenters. The molecule has 1 aromatic carbocycles. The summed E-state index contributed by atoms with van der Waals surface area (Å²) < 4.78 is 15.9. The van der Waals surface area contributed by atoms with E-state index in [9.17, 15) is 9.67 Å². The maximum atomic E-state index is 11.2. The number of rotatable bonds is 4. The Kier molecular flexibility index (Phi) is 3.65. The Labute approximate surface area is 151 Å². The zero-order valence-electron chi connectivity index (χ0n) is 14.3. The molecule has 1 aliphatic heterocycles. The van der Waals surface area contributed by atoms with E-state index in [1.807, 2.05) is 0 Å². The van der Waals surface area contributed by atoms with Crippen LogP contribution in [-0.4, -0.2) is 27.1 Å². The summed E-state index contributed by atoms with van der Waals surface area (Å²) in [7, 11) is -4.66. The van der Waals surface area contributed by atoms with Gasteiger partial charge in [0.2, 0.25) is 0 Å². The molecule has 1 saturated heterocycles. The Morgan fingerprint density at radius 3 is 2.23 bits per heavy atom. The van der Waals surface area contributed by atoms with Gasteiger partial charge >= 0.3 is 7.82 Å². The van der Waals surface area contributed by atoms with Crippen LogP contribution in [0, 0.1) is 23.7 Å². The number of aliphatic hydroxyl groups is 1. The SMILES string of the molecule is O=P(O)(O)Oc1cccc(C2(CO)OOC23C2CC4CC(C2)CC3C4)c1. The van der Waals surface area contributed by atoms with Crippen molar-refractivity contribution in [3.8, 4) is 5.75 Å². The van der Waals surface area contributed by atoms with Gasteiger partial charge in [0.25, 0.3) is 0 Å². The largest absolute Gasteiger partial charge is 0.524 e. The Morgan fingerprint density at radius 2 is 1.73 bits per heavy atom. The van der Waals surface area contributed by atoms with E-state index in [1.165, 1.54) is 12.5 Å². The number of phosphoric ester groups is 1. The standard InChI is InChI=1S/C18H23O7P/c19-10-17(13-2-1-3-16(9-13)23-26(20,21)22)18(25-24-17)14-5-11-4-12(7-14)8-15(18)6-11/h1-3,9,11-12,14-15,19H,4-8,10H2,(H2,20,21,22). The second-order valence-corrected chi connectivity index (χ2v) is 9.52. The fourth-order valence-corrected chi connectivity index (χ4v) is 6.76. The van der Waals surface area contributed by atoms with Crippen molar-refractivity contribution in [3.05, 3.63) is 29.8 Å². The van der Waals surface area contributed by atoms with Crippen molar-refractivity contribution in [2.45, 2.75) is 43.3 Å². The lowest BCUT2D eigenvalue weighted by atomic mass is 9.45. The van der Waals surface area contributed by atoms with Gasteiger partial charge in [-0.05, 0) is 73.5 Å². The van der Waals surface area contributed by atoms with Crippen molar-refractivity contribution in [2.24, 2.45) is 23.7 Å². The van der Waals surface area contributed by atoms with E-state index in [0.717, 1.165) is 37.5 Å². The smallest absolute Gasteiger partial charge is 0.404 e. The van der Waals surface area contributed by atoms with E-state index < -0.39 is 19.0 Å². The fourth-order valence-electron chi connectivity index (χ4n) is 6.37. The van der Waals surface area contributed by atoms with Crippen LogP contribution in [0.4, 0.5) is 0 Å². The third-order valence-corrected chi connectivity index (χ3v) is 7.50. The van der Waals surface area contributed by atoms with Crippen LogP contribution < -0.4 is 4.52 Å². The summed E-state index contributed by atoms with van der Waals surface area (Å²) in [6.07, 6.45) is 5.68. The van der Waals surface area contributed by atoms with E-state index in [2.05, 4.69) is 0 Å². The van der Waals surface area contributed by atoms with Gasteiger partial charge in [-0.25, -0.2) is 14.3 Å². The van der Waals surface area contributed by atoms with E-state index >= 15 is 0 Å². The van der Waals surface area contributed by atoms with Crippen molar-refractivity contribution in [2.75, 3.05) is 6.61 Å². The first-order valence-electron chi connectivity index (χ1n) is 9.20. The Morgan fingerprint density at radius 1 is 1.08 bits per heavy atom. The van der Waals surface area contributed by atoms with Crippen LogP contribution in [0.5, 0.6) is 5.75 Å². The molecule has 26 heavy (non-hydrogen) atoms. The summed E-state index contributed by atoms with van der Waals surface area (Å²) in [5.74, 6) is 2.22. The highest BCUT2D eigenvalue weighted by Crippen LogP contribution is 2.69. The molecule has 1 aromatic rings. The topological polar surface area (TPSA) is 105 Å². The fraction of sp³-hybridized carbons (Fsp3) is 0.667. The molecule has 7 nitrogen and oxygen atoms in total. The number of phosphoric acid groups is 1. The van der Waals surface area contributed by atoms with Crippen LogP contribution in [-0.2, 0) is 19.9 Å². The Balaban J connectivity index is 1.55. The van der Waals surface area contributed by atoms with Crippen LogP contribution >= 0.6 is 7.82 Å². The van der Waals surface area contributed by atoms with Gasteiger partial charge in [0.1, 0.15) is 11.4 Å². The third kappa shape index (κ3) is 2.22. The summed E-state index contributed by atoms with van der Waals surface area (Å²) in [6, 6.07) is 6.49. The van der Waals surface area contributed by atoms with Crippen LogP contribution in [0.25, 0.3) is 0 Å². The summed E-state index contributed by atoms with van der Waals surface area (Å²) in [6.45, 7) is -0.241. The molecule has 142 valence electrons. The minimum atomic E-state index is -4.66. The van der Waals surface area contributed by atoms with Crippen molar-refractivity contribution in [3.63, 3.8) is 0 Å². The number of hydrogen-bond acceptors (Lipinski definition) is 5. The minimum absolute atomic E-state index is 0.0538. The van der Waals surface area contributed by atoms with Crippen molar-refractivity contribution in [1.29, 1.82) is 0 Å². The highest BCUT2D eigenvalue weighted by atomic mass is 31.2. The first-order valence-corrected chi connectivity index (χ1v) is 10.7. The number of benzene rings is 1. The molecule has 5 fully saturated rings. The average Bonchev–Trinajstić information content (AvgIpc) is 2.53. The molecule has 3 N–H and O–H groups in total. The molecule has 6 rings (SSSR count). The van der Waals surface area contributed by atoms with Gasteiger partial charge in [0.15, 0.2) is 5.60 Å². The normalized spacial score (nSPS) is 43.5. The van der Waals surface area contributed by atoms with Crippen molar-refractivity contribution < 1.29 is 33.8 Å². The van der Waals surface area contributed by atoms with E-state index in [-0.39, 0.29) is 12.4 Å². The van der Waals surface area contributed by atoms with Gasteiger partial charge in [-0.3, -0.25) is 9.79 Å². The van der Waals surface area contributed by atoms with Crippen LogP contribution in [0.3, 0.4) is 0 Å². The maximum absolute atomic E-state index is 11.2. The molecule has 0 aromatic heterocycles. The minimum Gasteiger partial charge on any atom is -0.404 e. The number of aliphatic hydroxyl groups excluding tert-OH is 1. The molecule has 4 bridgehead atoms. The van der Waals surface area contributed by atoms with Crippen LogP contribution in [0.15, 0.2) is 24.3 Å². The first kappa shape index (κ1) is 17.2. The lowest BCUT2D eigenvalue weighted by Crippen LogP contribution is -2.77. The van der Waals surface area contributed by atoms with Gasteiger partial charge in [-0.2, -0.15) is 0 Å². The number of hydrogen-bond donors (Lipinski definition) is 3. The molecule has 4 saturated carbocycles. The quantitative estimate of drug-likeness (QED) is 0.543. The predicted octanol–water partition coefficient (Wildman–Crippen LogP) is 2.50. The van der Waals surface area contributed by atoms with E-state index in [4.69, 9.17) is 24.1 Å². The highest BCUT2D eigenvalue weighted by Gasteiger charge is 2.75. The van der Waals surface area contributed by atoms with Gasteiger partial charge < -0.3 is 9.63 Å².